The third-order valence-corrected chi connectivity index (χ3v) is 5.45. The molecule has 2 aromatic carbocycles. The summed E-state index contributed by atoms with van der Waals surface area (Å²) in [5.41, 5.74) is 1.54. The summed E-state index contributed by atoms with van der Waals surface area (Å²) in [6.07, 6.45) is -2.44. The third kappa shape index (κ3) is 5.71. The molecule has 3 aromatic rings. The number of aromatic nitrogens is 3. The molecule has 0 spiro atoms. The molecule has 174 valence electrons. The molecule has 0 aliphatic carbocycles. The standard InChI is InChI=1S/C24H26F3N5O/c1-18(24(25,26)27)33-23-29-21(31-16-10-2-3-11-17-31)28-22(30-23)32(19-12-6-4-7-13-19)20-14-8-5-9-15-20/h4-9,12-15,18H,2-3,10-11,16-17H2,1H3. The lowest BCUT2D eigenvalue weighted by atomic mass is 10.2. The molecule has 4 rings (SSSR count). The molecule has 9 heteroatoms. The summed E-state index contributed by atoms with van der Waals surface area (Å²) in [6.45, 7) is 2.41. The second-order valence-corrected chi connectivity index (χ2v) is 7.93. The Bertz CT molecular complexity index is 986. The minimum Gasteiger partial charge on any atom is -0.451 e. The van der Waals surface area contributed by atoms with Crippen LogP contribution in [0.5, 0.6) is 6.01 Å². The van der Waals surface area contributed by atoms with Crippen LogP contribution >= 0.6 is 0 Å². The minimum atomic E-state index is -4.53. The van der Waals surface area contributed by atoms with Gasteiger partial charge in [0.1, 0.15) is 0 Å². The Morgan fingerprint density at radius 2 is 1.36 bits per heavy atom. The first-order valence-corrected chi connectivity index (χ1v) is 11.1. The smallest absolute Gasteiger partial charge is 0.425 e. The van der Waals surface area contributed by atoms with Gasteiger partial charge < -0.3 is 9.64 Å². The summed E-state index contributed by atoms with van der Waals surface area (Å²) in [7, 11) is 0. The van der Waals surface area contributed by atoms with E-state index in [-0.39, 0.29) is 12.0 Å². The van der Waals surface area contributed by atoms with Crippen molar-refractivity contribution in [2.24, 2.45) is 0 Å². The van der Waals surface area contributed by atoms with Gasteiger partial charge in [-0.2, -0.15) is 28.1 Å². The number of benzene rings is 2. The summed E-state index contributed by atoms with van der Waals surface area (Å²) in [6, 6.07) is 18.5. The maximum absolute atomic E-state index is 13.2. The van der Waals surface area contributed by atoms with Crippen molar-refractivity contribution in [3.05, 3.63) is 60.7 Å². The first-order chi connectivity index (χ1) is 15.9. The minimum absolute atomic E-state index is 0.200. The zero-order valence-corrected chi connectivity index (χ0v) is 18.4. The van der Waals surface area contributed by atoms with E-state index in [9.17, 15) is 13.2 Å². The van der Waals surface area contributed by atoms with Gasteiger partial charge in [-0.05, 0) is 44.0 Å². The fourth-order valence-electron chi connectivity index (χ4n) is 3.66. The van der Waals surface area contributed by atoms with Gasteiger partial charge in [0.05, 0.1) is 0 Å². The van der Waals surface area contributed by atoms with E-state index in [0.29, 0.717) is 5.95 Å². The second-order valence-electron chi connectivity index (χ2n) is 7.93. The Morgan fingerprint density at radius 3 is 1.88 bits per heavy atom. The number of alkyl halides is 3. The van der Waals surface area contributed by atoms with Crippen LogP contribution in [-0.2, 0) is 0 Å². The molecule has 6 nitrogen and oxygen atoms in total. The van der Waals surface area contributed by atoms with Crippen molar-refractivity contribution in [3.8, 4) is 6.01 Å². The summed E-state index contributed by atoms with van der Waals surface area (Å²) in [4.78, 5) is 17.1. The van der Waals surface area contributed by atoms with Crippen LogP contribution in [0.2, 0.25) is 0 Å². The lowest BCUT2D eigenvalue weighted by Crippen LogP contribution is -2.33. The number of rotatable bonds is 6. The van der Waals surface area contributed by atoms with Crippen LogP contribution in [0.3, 0.4) is 0 Å². The Labute approximate surface area is 191 Å². The molecule has 1 aromatic heterocycles. The van der Waals surface area contributed by atoms with E-state index in [2.05, 4.69) is 15.0 Å². The fourth-order valence-corrected chi connectivity index (χ4v) is 3.66. The fraction of sp³-hybridized carbons (Fsp3) is 0.375. The van der Waals surface area contributed by atoms with Crippen LogP contribution in [-0.4, -0.2) is 40.3 Å². The molecule has 0 saturated carbocycles. The van der Waals surface area contributed by atoms with Gasteiger partial charge in [0.15, 0.2) is 6.10 Å². The lowest BCUT2D eigenvalue weighted by Gasteiger charge is -2.26. The van der Waals surface area contributed by atoms with Crippen molar-refractivity contribution >= 4 is 23.3 Å². The Kier molecular flexibility index (Phi) is 6.96. The average Bonchev–Trinajstić information content (AvgIpc) is 3.10. The molecule has 2 heterocycles. The Hall–Kier alpha value is -3.36. The molecule has 1 aliphatic rings. The first-order valence-electron chi connectivity index (χ1n) is 11.1. The lowest BCUT2D eigenvalue weighted by molar-refractivity contribution is -0.190. The van der Waals surface area contributed by atoms with Crippen LogP contribution in [0, 0.1) is 0 Å². The highest BCUT2D eigenvalue weighted by atomic mass is 19.4. The van der Waals surface area contributed by atoms with E-state index < -0.39 is 12.3 Å². The van der Waals surface area contributed by atoms with E-state index >= 15 is 0 Å². The molecule has 0 amide bonds. The molecular formula is C24H26F3N5O. The second kappa shape index (κ2) is 10.1. The first kappa shape index (κ1) is 22.8. The van der Waals surface area contributed by atoms with Crippen molar-refractivity contribution < 1.29 is 17.9 Å². The highest BCUT2D eigenvalue weighted by Gasteiger charge is 2.39. The number of nitrogens with zero attached hydrogens (tertiary/aromatic N) is 5. The molecule has 1 fully saturated rings. The molecule has 1 unspecified atom stereocenters. The van der Waals surface area contributed by atoms with Gasteiger partial charge in [0.25, 0.3) is 0 Å². The van der Waals surface area contributed by atoms with Gasteiger partial charge in [0, 0.05) is 24.5 Å². The van der Waals surface area contributed by atoms with E-state index in [1.165, 1.54) is 0 Å². The zero-order chi connectivity index (χ0) is 23.3. The van der Waals surface area contributed by atoms with E-state index in [1.807, 2.05) is 65.6 Å². The number of halogens is 3. The number of hydrogen-bond donors (Lipinski definition) is 0. The number of anilines is 4. The zero-order valence-electron chi connectivity index (χ0n) is 18.4. The van der Waals surface area contributed by atoms with Gasteiger partial charge in [0.2, 0.25) is 11.9 Å². The third-order valence-electron chi connectivity index (χ3n) is 5.45. The highest BCUT2D eigenvalue weighted by molar-refractivity contribution is 5.72. The van der Waals surface area contributed by atoms with Gasteiger partial charge in [-0.1, -0.05) is 49.2 Å². The number of para-hydroxylation sites is 2. The largest absolute Gasteiger partial charge is 0.451 e. The van der Waals surface area contributed by atoms with Gasteiger partial charge in [-0.3, -0.25) is 4.90 Å². The maximum Gasteiger partial charge on any atom is 0.425 e. The van der Waals surface area contributed by atoms with Gasteiger partial charge in [-0.15, -0.1) is 0 Å². The van der Waals surface area contributed by atoms with Crippen LogP contribution < -0.4 is 14.5 Å². The summed E-state index contributed by atoms with van der Waals surface area (Å²) >= 11 is 0. The van der Waals surface area contributed by atoms with Gasteiger partial charge >= 0.3 is 12.2 Å². The molecule has 33 heavy (non-hydrogen) atoms. The normalized spacial score (nSPS) is 15.6. The van der Waals surface area contributed by atoms with E-state index in [4.69, 9.17) is 4.74 Å². The van der Waals surface area contributed by atoms with Crippen molar-refractivity contribution in [1.29, 1.82) is 0 Å². The molecule has 1 aliphatic heterocycles. The van der Waals surface area contributed by atoms with Crippen LogP contribution in [0.1, 0.15) is 32.6 Å². The molecule has 0 bridgehead atoms. The quantitative estimate of drug-likeness (QED) is 0.449. The van der Waals surface area contributed by atoms with Crippen LogP contribution in [0.25, 0.3) is 0 Å². The Balaban J connectivity index is 1.81. The highest BCUT2D eigenvalue weighted by Crippen LogP contribution is 2.34. The summed E-state index contributed by atoms with van der Waals surface area (Å²) in [5, 5.41) is 0. The average molecular weight is 458 g/mol. The predicted octanol–water partition coefficient (Wildman–Crippen LogP) is 6.05. The van der Waals surface area contributed by atoms with Crippen LogP contribution in [0.15, 0.2) is 60.7 Å². The summed E-state index contributed by atoms with van der Waals surface area (Å²) < 4.78 is 44.8. The van der Waals surface area contributed by atoms with E-state index in [0.717, 1.165) is 57.1 Å². The van der Waals surface area contributed by atoms with Crippen LogP contribution in [0.4, 0.5) is 36.4 Å². The topological polar surface area (TPSA) is 54.4 Å². The number of ether oxygens (including phenoxy) is 1. The molecular weight excluding hydrogens is 431 g/mol. The molecule has 1 saturated heterocycles. The molecule has 0 N–H and O–H groups in total. The number of hydrogen-bond acceptors (Lipinski definition) is 6. The van der Waals surface area contributed by atoms with Gasteiger partial charge in [-0.25, -0.2) is 0 Å². The SMILES string of the molecule is CC(Oc1nc(N2CCCCCC2)nc(N(c2ccccc2)c2ccccc2)n1)C(F)(F)F. The van der Waals surface area contributed by atoms with Crippen molar-refractivity contribution in [2.75, 3.05) is 22.9 Å². The molecule has 1 atom stereocenters. The maximum atomic E-state index is 13.2. The van der Waals surface area contributed by atoms with Crippen molar-refractivity contribution in [3.63, 3.8) is 0 Å². The predicted molar refractivity (Wildman–Crippen MR) is 121 cm³/mol. The summed E-state index contributed by atoms with van der Waals surface area (Å²) in [5.74, 6) is 0.522. The van der Waals surface area contributed by atoms with Crippen molar-refractivity contribution in [1.82, 2.24) is 15.0 Å². The van der Waals surface area contributed by atoms with Crippen molar-refractivity contribution in [2.45, 2.75) is 44.9 Å². The monoisotopic (exact) mass is 457 g/mol. The molecule has 0 radical (unpaired) electrons. The Morgan fingerprint density at radius 1 is 0.818 bits per heavy atom. The van der Waals surface area contributed by atoms with E-state index in [1.54, 1.807) is 4.90 Å².